The molecule has 1 amide bonds. The van der Waals surface area contributed by atoms with Crippen LogP contribution in [0.3, 0.4) is 0 Å². The van der Waals surface area contributed by atoms with Crippen LogP contribution in [0.2, 0.25) is 5.15 Å². The monoisotopic (exact) mass is 311 g/mol. The summed E-state index contributed by atoms with van der Waals surface area (Å²) in [4.78, 5) is 18.1. The summed E-state index contributed by atoms with van der Waals surface area (Å²) in [6.45, 7) is 9.53. The van der Waals surface area contributed by atoms with Gasteiger partial charge in [0.1, 0.15) is 10.8 Å². The molecule has 6 heteroatoms. The van der Waals surface area contributed by atoms with E-state index in [2.05, 4.69) is 17.2 Å². The van der Waals surface area contributed by atoms with Gasteiger partial charge in [0.2, 0.25) is 0 Å². The molecule has 0 bridgehead atoms. The SMILES string of the molecule is CC(C)(C)OC(=O)N1CCNC(C)(c2ccc(Cl)nc2)C1. The number of nitrogens with zero attached hydrogens (tertiary/aromatic N) is 2. The lowest BCUT2D eigenvalue weighted by molar-refractivity contribution is 0.0133. The lowest BCUT2D eigenvalue weighted by atomic mass is 9.91. The minimum absolute atomic E-state index is 0.280. The molecule has 2 heterocycles. The van der Waals surface area contributed by atoms with Crippen LogP contribution < -0.4 is 5.32 Å². The first-order valence-corrected chi connectivity index (χ1v) is 7.42. The van der Waals surface area contributed by atoms with E-state index in [1.807, 2.05) is 26.8 Å². The summed E-state index contributed by atoms with van der Waals surface area (Å²) >= 11 is 5.83. The number of hydrogen-bond acceptors (Lipinski definition) is 4. The summed E-state index contributed by atoms with van der Waals surface area (Å²) in [6, 6.07) is 3.69. The Hall–Kier alpha value is -1.33. The van der Waals surface area contributed by atoms with Gasteiger partial charge in [-0.25, -0.2) is 9.78 Å². The second-order valence-electron chi connectivity index (χ2n) is 6.53. The number of ether oxygens (including phenoxy) is 1. The topological polar surface area (TPSA) is 54.5 Å². The van der Waals surface area contributed by atoms with Crippen molar-refractivity contribution in [3.05, 3.63) is 29.0 Å². The van der Waals surface area contributed by atoms with Gasteiger partial charge >= 0.3 is 6.09 Å². The molecule has 1 aromatic heterocycles. The molecule has 0 saturated carbocycles. The highest BCUT2D eigenvalue weighted by Gasteiger charge is 2.36. The molecule has 1 unspecified atom stereocenters. The summed E-state index contributed by atoms with van der Waals surface area (Å²) in [7, 11) is 0. The average Bonchev–Trinajstić information content (AvgIpc) is 2.37. The summed E-state index contributed by atoms with van der Waals surface area (Å²) < 4.78 is 5.45. The molecule has 1 N–H and O–H groups in total. The molecule has 1 saturated heterocycles. The van der Waals surface area contributed by atoms with Gasteiger partial charge in [0, 0.05) is 25.8 Å². The molecule has 2 rings (SSSR count). The van der Waals surface area contributed by atoms with E-state index in [-0.39, 0.29) is 11.6 Å². The largest absolute Gasteiger partial charge is 0.444 e. The molecular formula is C15H22ClN3O2. The summed E-state index contributed by atoms with van der Waals surface area (Å²) in [6.07, 6.45) is 1.46. The molecule has 0 radical (unpaired) electrons. The Labute approximate surface area is 130 Å². The Kier molecular flexibility index (Phi) is 4.44. The number of nitrogens with one attached hydrogen (secondary N) is 1. The number of rotatable bonds is 1. The van der Waals surface area contributed by atoms with Crippen LogP contribution in [0.15, 0.2) is 18.3 Å². The number of pyridine rings is 1. The molecule has 0 spiro atoms. The highest BCUT2D eigenvalue weighted by molar-refractivity contribution is 6.29. The van der Waals surface area contributed by atoms with E-state index in [1.165, 1.54) is 0 Å². The summed E-state index contributed by atoms with van der Waals surface area (Å²) in [5.41, 5.74) is 0.160. The third-order valence-electron chi connectivity index (χ3n) is 3.42. The standard InChI is InChI=1S/C15H22ClN3O2/c1-14(2,3)21-13(20)19-8-7-18-15(4,10-19)11-5-6-12(16)17-9-11/h5-6,9,18H,7-8,10H2,1-4H3. The van der Waals surface area contributed by atoms with Crippen LogP contribution in [0.1, 0.15) is 33.3 Å². The maximum atomic E-state index is 12.2. The van der Waals surface area contributed by atoms with Crippen LogP contribution in [0.5, 0.6) is 0 Å². The Morgan fingerprint density at radius 2 is 2.19 bits per heavy atom. The number of amides is 1. The normalized spacial score (nSPS) is 23.0. The van der Waals surface area contributed by atoms with Crippen LogP contribution in [0.4, 0.5) is 4.79 Å². The van der Waals surface area contributed by atoms with E-state index in [4.69, 9.17) is 16.3 Å². The van der Waals surface area contributed by atoms with Crippen molar-refractivity contribution in [1.82, 2.24) is 15.2 Å². The van der Waals surface area contributed by atoms with Crippen molar-refractivity contribution in [2.24, 2.45) is 0 Å². The number of aromatic nitrogens is 1. The quantitative estimate of drug-likeness (QED) is 0.810. The first kappa shape index (κ1) is 16.0. The van der Waals surface area contributed by atoms with Crippen molar-refractivity contribution < 1.29 is 9.53 Å². The van der Waals surface area contributed by atoms with E-state index in [1.54, 1.807) is 17.2 Å². The van der Waals surface area contributed by atoms with Crippen molar-refractivity contribution in [3.8, 4) is 0 Å². The molecule has 1 atom stereocenters. The van der Waals surface area contributed by atoms with Crippen LogP contribution in [-0.4, -0.2) is 41.2 Å². The average molecular weight is 312 g/mol. The highest BCUT2D eigenvalue weighted by atomic mass is 35.5. The summed E-state index contributed by atoms with van der Waals surface area (Å²) in [5.74, 6) is 0. The molecule has 1 aliphatic heterocycles. The van der Waals surface area contributed by atoms with Crippen LogP contribution >= 0.6 is 11.6 Å². The maximum Gasteiger partial charge on any atom is 0.410 e. The Balaban J connectivity index is 2.12. The minimum atomic E-state index is -0.486. The molecule has 0 aromatic carbocycles. The molecule has 1 fully saturated rings. The molecular weight excluding hydrogens is 290 g/mol. The molecule has 116 valence electrons. The van der Waals surface area contributed by atoms with Crippen molar-refractivity contribution in [2.75, 3.05) is 19.6 Å². The van der Waals surface area contributed by atoms with Gasteiger partial charge in [-0.15, -0.1) is 0 Å². The Bertz CT molecular complexity index is 513. The van der Waals surface area contributed by atoms with Crippen molar-refractivity contribution in [3.63, 3.8) is 0 Å². The number of piperazine rings is 1. The van der Waals surface area contributed by atoms with Crippen LogP contribution in [0.25, 0.3) is 0 Å². The fraction of sp³-hybridized carbons (Fsp3) is 0.600. The fourth-order valence-corrected chi connectivity index (χ4v) is 2.47. The minimum Gasteiger partial charge on any atom is -0.444 e. The van der Waals surface area contributed by atoms with Crippen LogP contribution in [0, 0.1) is 0 Å². The van der Waals surface area contributed by atoms with Gasteiger partial charge < -0.3 is 15.0 Å². The fourth-order valence-electron chi connectivity index (χ4n) is 2.36. The third-order valence-corrected chi connectivity index (χ3v) is 3.64. The second kappa shape index (κ2) is 5.81. The molecule has 5 nitrogen and oxygen atoms in total. The summed E-state index contributed by atoms with van der Waals surface area (Å²) in [5, 5.41) is 3.91. The molecule has 1 aromatic rings. The van der Waals surface area contributed by atoms with Crippen molar-refractivity contribution >= 4 is 17.7 Å². The molecule has 21 heavy (non-hydrogen) atoms. The van der Waals surface area contributed by atoms with E-state index in [0.717, 1.165) is 5.56 Å². The Morgan fingerprint density at radius 3 is 2.76 bits per heavy atom. The van der Waals surface area contributed by atoms with E-state index in [9.17, 15) is 4.79 Å². The number of carbonyl (C=O) groups excluding carboxylic acids is 1. The lowest BCUT2D eigenvalue weighted by Crippen LogP contribution is -2.58. The molecule has 1 aliphatic rings. The third kappa shape index (κ3) is 4.08. The van der Waals surface area contributed by atoms with Gasteiger partial charge in [-0.2, -0.15) is 0 Å². The zero-order valence-electron chi connectivity index (χ0n) is 12.9. The van der Waals surface area contributed by atoms with Crippen molar-refractivity contribution in [2.45, 2.75) is 38.8 Å². The van der Waals surface area contributed by atoms with Crippen molar-refractivity contribution in [1.29, 1.82) is 0 Å². The van der Waals surface area contributed by atoms with Gasteiger partial charge in [-0.1, -0.05) is 17.7 Å². The van der Waals surface area contributed by atoms with Crippen LogP contribution in [-0.2, 0) is 10.3 Å². The highest BCUT2D eigenvalue weighted by Crippen LogP contribution is 2.25. The van der Waals surface area contributed by atoms with Gasteiger partial charge in [0.15, 0.2) is 0 Å². The van der Waals surface area contributed by atoms with E-state index in [0.29, 0.717) is 24.8 Å². The number of hydrogen-bond donors (Lipinski definition) is 1. The van der Waals surface area contributed by atoms with Gasteiger partial charge in [-0.05, 0) is 39.3 Å². The van der Waals surface area contributed by atoms with Gasteiger partial charge in [0.25, 0.3) is 0 Å². The van der Waals surface area contributed by atoms with Gasteiger partial charge in [0.05, 0.1) is 5.54 Å². The molecule has 0 aliphatic carbocycles. The Morgan fingerprint density at radius 1 is 1.48 bits per heavy atom. The van der Waals surface area contributed by atoms with E-state index < -0.39 is 5.60 Å². The first-order valence-electron chi connectivity index (χ1n) is 7.05. The zero-order valence-corrected chi connectivity index (χ0v) is 13.7. The predicted octanol–water partition coefficient (Wildman–Crippen LogP) is 2.79. The lowest BCUT2D eigenvalue weighted by Gasteiger charge is -2.41. The number of carbonyl (C=O) groups is 1. The maximum absolute atomic E-state index is 12.2. The smallest absolute Gasteiger partial charge is 0.410 e. The zero-order chi connectivity index (χ0) is 15.7. The van der Waals surface area contributed by atoms with E-state index >= 15 is 0 Å². The predicted molar refractivity (Wildman–Crippen MR) is 82.4 cm³/mol. The number of halogens is 1. The second-order valence-corrected chi connectivity index (χ2v) is 6.92. The van der Waals surface area contributed by atoms with Gasteiger partial charge in [-0.3, -0.25) is 0 Å². The first-order chi connectivity index (χ1) is 9.70.